The molecule has 0 radical (unpaired) electrons. The molecule has 8 heteroatoms. The van der Waals surface area contributed by atoms with Crippen LogP contribution in [0.15, 0.2) is 33.6 Å². The molecule has 0 atom stereocenters. The molecule has 2 heterocycles. The van der Waals surface area contributed by atoms with Crippen LogP contribution in [-0.4, -0.2) is 43.8 Å². The normalized spacial score (nSPS) is 19.8. The van der Waals surface area contributed by atoms with Crippen LogP contribution in [0, 0.1) is 6.92 Å². The molecule has 28 heavy (non-hydrogen) atoms. The van der Waals surface area contributed by atoms with E-state index in [2.05, 4.69) is 10.1 Å². The van der Waals surface area contributed by atoms with Gasteiger partial charge in [0.05, 0.1) is 29.4 Å². The molecule has 2 N–H and O–H groups in total. The number of rotatable bonds is 4. The lowest BCUT2D eigenvalue weighted by Crippen LogP contribution is -2.27. The van der Waals surface area contributed by atoms with E-state index in [-0.39, 0.29) is 23.7 Å². The number of aryl methyl sites for hydroxylation is 1. The van der Waals surface area contributed by atoms with E-state index in [0.29, 0.717) is 36.2 Å². The molecule has 1 aromatic carbocycles. The number of amides is 1. The minimum absolute atomic E-state index is 0.0727. The van der Waals surface area contributed by atoms with Crippen LogP contribution in [0.5, 0.6) is 0 Å². The fraction of sp³-hybridized carbons (Fsp3) is 0.450. The van der Waals surface area contributed by atoms with Gasteiger partial charge in [0.2, 0.25) is 0 Å². The minimum Gasteiger partial charge on any atom is -0.393 e. The molecular formula is C20H24N4O4. The van der Waals surface area contributed by atoms with Crippen LogP contribution in [0.1, 0.15) is 53.5 Å². The van der Waals surface area contributed by atoms with Gasteiger partial charge in [-0.2, -0.15) is 0 Å². The summed E-state index contributed by atoms with van der Waals surface area (Å²) in [5, 5.41) is 13.5. The Morgan fingerprint density at radius 1 is 1.32 bits per heavy atom. The van der Waals surface area contributed by atoms with E-state index in [1.165, 1.54) is 0 Å². The van der Waals surface area contributed by atoms with Crippen LogP contribution in [-0.2, 0) is 6.54 Å². The Kier molecular flexibility index (Phi) is 4.80. The van der Waals surface area contributed by atoms with Crippen LogP contribution >= 0.6 is 0 Å². The average Bonchev–Trinajstić information content (AvgIpc) is 3.23. The molecule has 4 rings (SSSR count). The minimum atomic E-state index is -0.273. The van der Waals surface area contributed by atoms with E-state index < -0.39 is 0 Å². The highest BCUT2D eigenvalue weighted by Crippen LogP contribution is 2.30. The number of H-pyrrole nitrogens is 1. The van der Waals surface area contributed by atoms with Crippen LogP contribution in [0.3, 0.4) is 0 Å². The van der Waals surface area contributed by atoms with Crippen molar-refractivity contribution in [2.75, 3.05) is 7.05 Å². The molecule has 3 aromatic rings. The molecule has 8 nitrogen and oxygen atoms in total. The number of nitrogens with one attached hydrogen (secondary N) is 1. The van der Waals surface area contributed by atoms with Gasteiger partial charge >= 0.3 is 5.69 Å². The zero-order chi connectivity index (χ0) is 19.8. The van der Waals surface area contributed by atoms with Gasteiger partial charge in [0.1, 0.15) is 0 Å². The number of carbonyl (C=O) groups is 1. The summed E-state index contributed by atoms with van der Waals surface area (Å²) >= 11 is 0. The van der Waals surface area contributed by atoms with Gasteiger partial charge in [0.25, 0.3) is 5.91 Å². The number of hydrogen-bond donors (Lipinski definition) is 2. The number of nitrogens with zero attached hydrogens (tertiary/aromatic N) is 3. The molecule has 0 spiro atoms. The quantitative estimate of drug-likeness (QED) is 0.719. The number of aromatic amines is 1. The molecule has 0 unspecified atom stereocenters. The van der Waals surface area contributed by atoms with Crippen molar-refractivity contribution in [1.29, 1.82) is 0 Å². The lowest BCUT2D eigenvalue weighted by atomic mass is 9.93. The van der Waals surface area contributed by atoms with E-state index in [1.54, 1.807) is 34.7 Å². The SMILES string of the molecule is Cc1cc(CN(C)C(=O)c2ccc3c(c2)[nH]c(=O)n3C2CCC(O)CC2)on1. The molecule has 1 saturated carbocycles. The van der Waals surface area contributed by atoms with Gasteiger partial charge < -0.3 is 19.5 Å². The summed E-state index contributed by atoms with van der Waals surface area (Å²) in [5.74, 6) is 0.457. The van der Waals surface area contributed by atoms with Crippen LogP contribution in [0.25, 0.3) is 11.0 Å². The maximum Gasteiger partial charge on any atom is 0.326 e. The maximum atomic E-state index is 12.8. The Morgan fingerprint density at radius 3 is 2.75 bits per heavy atom. The number of imidazole rings is 1. The van der Waals surface area contributed by atoms with E-state index in [0.717, 1.165) is 24.1 Å². The van der Waals surface area contributed by atoms with Gasteiger partial charge in [0.15, 0.2) is 5.76 Å². The second kappa shape index (κ2) is 7.27. The van der Waals surface area contributed by atoms with E-state index in [1.807, 2.05) is 13.0 Å². The molecule has 0 aliphatic heterocycles. The number of aliphatic hydroxyl groups excluding tert-OH is 1. The predicted octanol–water partition coefficient (Wildman–Crippen LogP) is 2.37. The van der Waals surface area contributed by atoms with E-state index in [4.69, 9.17) is 4.52 Å². The molecular weight excluding hydrogens is 360 g/mol. The van der Waals surface area contributed by atoms with Crippen molar-refractivity contribution >= 4 is 16.9 Å². The van der Waals surface area contributed by atoms with Crippen LogP contribution < -0.4 is 5.69 Å². The Balaban J connectivity index is 1.58. The summed E-state index contributed by atoms with van der Waals surface area (Å²) in [6, 6.07) is 7.15. The zero-order valence-corrected chi connectivity index (χ0v) is 16.0. The molecule has 2 aromatic heterocycles. The molecule has 1 aliphatic rings. The maximum absolute atomic E-state index is 12.8. The second-order valence-corrected chi connectivity index (χ2v) is 7.59. The number of aliphatic hydroxyl groups is 1. The van der Waals surface area contributed by atoms with Crippen molar-refractivity contribution in [1.82, 2.24) is 19.6 Å². The predicted molar refractivity (Wildman–Crippen MR) is 103 cm³/mol. The Bertz CT molecular complexity index is 1060. The highest BCUT2D eigenvalue weighted by molar-refractivity contribution is 5.97. The standard InChI is InChI=1S/C20H24N4O4/c1-12-9-16(28-22-12)11-23(2)19(26)13-3-8-18-17(10-13)21-20(27)24(18)14-4-6-15(25)7-5-14/h3,8-10,14-15,25H,4-7,11H2,1-2H3,(H,21,27). The molecule has 1 aliphatic carbocycles. The van der Waals surface area contributed by atoms with Gasteiger partial charge in [-0.25, -0.2) is 4.79 Å². The van der Waals surface area contributed by atoms with Gasteiger partial charge in [-0.15, -0.1) is 0 Å². The smallest absolute Gasteiger partial charge is 0.326 e. The summed E-state index contributed by atoms with van der Waals surface area (Å²) in [7, 11) is 1.70. The van der Waals surface area contributed by atoms with Crippen molar-refractivity contribution in [3.05, 3.63) is 51.8 Å². The molecule has 1 fully saturated rings. The molecule has 0 saturated heterocycles. The van der Waals surface area contributed by atoms with Crippen molar-refractivity contribution in [2.24, 2.45) is 0 Å². The van der Waals surface area contributed by atoms with Crippen molar-refractivity contribution < 1.29 is 14.4 Å². The Hall–Kier alpha value is -2.87. The van der Waals surface area contributed by atoms with Gasteiger partial charge in [-0.1, -0.05) is 5.16 Å². The number of benzene rings is 1. The number of hydrogen-bond acceptors (Lipinski definition) is 5. The summed E-state index contributed by atoms with van der Waals surface area (Å²) in [6.07, 6.45) is 2.67. The fourth-order valence-corrected chi connectivity index (χ4v) is 3.96. The summed E-state index contributed by atoms with van der Waals surface area (Å²) < 4.78 is 6.93. The van der Waals surface area contributed by atoms with Crippen molar-refractivity contribution in [3.63, 3.8) is 0 Å². The van der Waals surface area contributed by atoms with E-state index in [9.17, 15) is 14.7 Å². The highest BCUT2D eigenvalue weighted by atomic mass is 16.5. The first-order valence-corrected chi connectivity index (χ1v) is 9.52. The van der Waals surface area contributed by atoms with Crippen molar-refractivity contribution in [2.45, 2.75) is 51.3 Å². The van der Waals surface area contributed by atoms with Crippen LogP contribution in [0.4, 0.5) is 0 Å². The second-order valence-electron chi connectivity index (χ2n) is 7.59. The largest absolute Gasteiger partial charge is 0.393 e. The lowest BCUT2D eigenvalue weighted by Gasteiger charge is -2.26. The topological polar surface area (TPSA) is 104 Å². The Labute approximate surface area is 161 Å². The molecule has 0 bridgehead atoms. The van der Waals surface area contributed by atoms with Gasteiger partial charge in [-0.05, 0) is 50.8 Å². The Morgan fingerprint density at radius 2 is 2.07 bits per heavy atom. The number of aromatic nitrogens is 3. The van der Waals surface area contributed by atoms with E-state index >= 15 is 0 Å². The van der Waals surface area contributed by atoms with Crippen LogP contribution in [0.2, 0.25) is 0 Å². The number of carbonyl (C=O) groups excluding carboxylic acids is 1. The first-order chi connectivity index (χ1) is 13.4. The van der Waals surface area contributed by atoms with Crippen molar-refractivity contribution in [3.8, 4) is 0 Å². The third-order valence-electron chi connectivity index (χ3n) is 5.41. The fourth-order valence-electron chi connectivity index (χ4n) is 3.96. The third kappa shape index (κ3) is 3.47. The summed E-state index contributed by atoms with van der Waals surface area (Å²) in [5.41, 5.74) is 2.53. The average molecular weight is 384 g/mol. The molecule has 148 valence electrons. The highest BCUT2D eigenvalue weighted by Gasteiger charge is 2.24. The lowest BCUT2D eigenvalue weighted by molar-refractivity contribution is 0.0772. The third-order valence-corrected chi connectivity index (χ3v) is 5.41. The van der Waals surface area contributed by atoms with Gasteiger partial charge in [0, 0.05) is 24.7 Å². The first-order valence-electron chi connectivity index (χ1n) is 9.52. The van der Waals surface area contributed by atoms with Gasteiger partial charge in [-0.3, -0.25) is 9.36 Å². The summed E-state index contributed by atoms with van der Waals surface area (Å²) in [4.78, 5) is 29.7. The monoisotopic (exact) mass is 384 g/mol. The zero-order valence-electron chi connectivity index (χ0n) is 16.0. The molecule has 1 amide bonds. The first kappa shape index (κ1) is 18.5. The number of fused-ring (bicyclic) bond motifs is 1. The summed E-state index contributed by atoms with van der Waals surface area (Å²) in [6.45, 7) is 2.15.